The maximum atomic E-state index is 12.8. The number of rotatable bonds is 7. The van der Waals surface area contributed by atoms with E-state index in [4.69, 9.17) is 9.84 Å². The largest absolute Gasteiger partial charge is 0.481 e. The van der Waals surface area contributed by atoms with E-state index in [1.165, 1.54) is 0 Å². The predicted octanol–water partition coefficient (Wildman–Crippen LogP) is 3.82. The molecule has 3 aliphatic carbocycles. The van der Waals surface area contributed by atoms with Crippen LogP contribution in [0.1, 0.15) is 55.6 Å². The Balaban J connectivity index is 1.17. The highest BCUT2D eigenvalue weighted by atomic mass is 16.5. The fourth-order valence-corrected chi connectivity index (χ4v) is 5.33. The SMILES string of the molecule is O=C(O)C[C@H]1CC[C@@H](NC(=O)C2(NC(=O)OCC3c4ccccc4-c4ccccc43)CC2)C1. The van der Waals surface area contributed by atoms with Gasteiger partial charge in [-0.15, -0.1) is 0 Å². The highest BCUT2D eigenvalue weighted by Gasteiger charge is 2.52. The van der Waals surface area contributed by atoms with E-state index in [1.807, 2.05) is 24.3 Å². The molecule has 3 N–H and O–H groups in total. The molecule has 2 amide bonds. The van der Waals surface area contributed by atoms with Gasteiger partial charge in [-0.1, -0.05) is 48.5 Å². The molecule has 0 unspecified atom stereocenters. The molecule has 0 bridgehead atoms. The number of ether oxygens (including phenoxy) is 1. The van der Waals surface area contributed by atoms with Gasteiger partial charge in [0.2, 0.25) is 5.91 Å². The highest BCUT2D eigenvalue weighted by molar-refractivity contribution is 5.93. The first kappa shape index (κ1) is 21.5. The van der Waals surface area contributed by atoms with Crippen LogP contribution in [0.3, 0.4) is 0 Å². The molecular weight excluding hydrogens is 420 g/mol. The van der Waals surface area contributed by atoms with Crippen molar-refractivity contribution >= 4 is 18.0 Å². The summed E-state index contributed by atoms with van der Waals surface area (Å²) in [5, 5.41) is 14.8. The Hall–Kier alpha value is -3.35. The molecule has 5 rings (SSSR count). The van der Waals surface area contributed by atoms with Crippen LogP contribution in [0.25, 0.3) is 11.1 Å². The molecule has 7 nitrogen and oxygen atoms in total. The second kappa shape index (κ2) is 8.54. The number of carbonyl (C=O) groups excluding carboxylic acids is 2. The number of aliphatic carboxylic acids is 1. The summed E-state index contributed by atoms with van der Waals surface area (Å²) in [4.78, 5) is 36.4. The van der Waals surface area contributed by atoms with Gasteiger partial charge in [0, 0.05) is 18.4 Å². The van der Waals surface area contributed by atoms with Crippen LogP contribution >= 0.6 is 0 Å². The van der Waals surface area contributed by atoms with Gasteiger partial charge in [-0.3, -0.25) is 9.59 Å². The summed E-state index contributed by atoms with van der Waals surface area (Å²) in [6.07, 6.45) is 2.94. The Kier molecular flexibility index (Phi) is 5.56. The number of amides is 2. The summed E-state index contributed by atoms with van der Waals surface area (Å²) < 4.78 is 5.60. The van der Waals surface area contributed by atoms with E-state index < -0.39 is 17.6 Å². The van der Waals surface area contributed by atoms with Crippen molar-refractivity contribution < 1.29 is 24.2 Å². The summed E-state index contributed by atoms with van der Waals surface area (Å²) in [5.41, 5.74) is 3.70. The van der Waals surface area contributed by atoms with E-state index in [9.17, 15) is 14.4 Å². The van der Waals surface area contributed by atoms with E-state index >= 15 is 0 Å². The van der Waals surface area contributed by atoms with Crippen LogP contribution in [0.2, 0.25) is 0 Å². The van der Waals surface area contributed by atoms with E-state index in [1.54, 1.807) is 0 Å². The summed E-state index contributed by atoms with van der Waals surface area (Å²) >= 11 is 0. The molecule has 2 aromatic carbocycles. The first-order valence-corrected chi connectivity index (χ1v) is 11.6. The normalized spacial score (nSPS) is 22.2. The third-order valence-electron chi connectivity index (χ3n) is 7.21. The topological polar surface area (TPSA) is 105 Å². The summed E-state index contributed by atoms with van der Waals surface area (Å²) in [6, 6.07) is 16.3. The molecule has 7 heteroatoms. The molecule has 2 saturated carbocycles. The number of fused-ring (bicyclic) bond motifs is 3. The Labute approximate surface area is 192 Å². The van der Waals surface area contributed by atoms with Crippen molar-refractivity contribution in [2.75, 3.05) is 6.61 Å². The Morgan fingerprint density at radius 3 is 2.21 bits per heavy atom. The van der Waals surface area contributed by atoms with Crippen molar-refractivity contribution in [2.24, 2.45) is 5.92 Å². The molecule has 2 fully saturated rings. The number of hydrogen-bond acceptors (Lipinski definition) is 4. The third kappa shape index (κ3) is 4.32. The van der Waals surface area contributed by atoms with Gasteiger partial charge in [0.05, 0.1) is 0 Å². The summed E-state index contributed by atoms with van der Waals surface area (Å²) in [6.45, 7) is 0.205. The van der Waals surface area contributed by atoms with E-state index in [-0.39, 0.29) is 36.8 Å². The molecule has 172 valence electrons. The Morgan fingerprint density at radius 2 is 1.61 bits per heavy atom. The van der Waals surface area contributed by atoms with Crippen LogP contribution in [0, 0.1) is 5.92 Å². The van der Waals surface area contributed by atoms with Crippen molar-refractivity contribution in [3.8, 4) is 11.1 Å². The lowest BCUT2D eigenvalue weighted by Gasteiger charge is -2.21. The fourth-order valence-electron chi connectivity index (χ4n) is 5.33. The average molecular weight is 449 g/mol. The van der Waals surface area contributed by atoms with Crippen molar-refractivity contribution in [3.63, 3.8) is 0 Å². The van der Waals surface area contributed by atoms with Gasteiger partial charge in [-0.25, -0.2) is 4.79 Å². The van der Waals surface area contributed by atoms with Gasteiger partial charge in [-0.05, 0) is 60.3 Å². The molecule has 0 saturated heterocycles. The lowest BCUT2D eigenvalue weighted by atomic mass is 9.98. The average Bonchev–Trinajstić information content (AvgIpc) is 3.34. The van der Waals surface area contributed by atoms with Crippen molar-refractivity contribution in [1.29, 1.82) is 0 Å². The maximum absolute atomic E-state index is 12.8. The molecule has 2 atom stereocenters. The molecule has 0 aliphatic heterocycles. The monoisotopic (exact) mass is 448 g/mol. The number of hydrogen-bond donors (Lipinski definition) is 3. The Morgan fingerprint density at radius 1 is 0.970 bits per heavy atom. The summed E-state index contributed by atoms with van der Waals surface area (Å²) in [5.74, 6) is -0.936. The number of carboxylic acids is 1. The zero-order chi connectivity index (χ0) is 23.0. The predicted molar refractivity (Wildman–Crippen MR) is 122 cm³/mol. The van der Waals surface area contributed by atoms with Crippen LogP contribution in [-0.2, 0) is 14.3 Å². The van der Waals surface area contributed by atoms with Gasteiger partial charge >= 0.3 is 12.1 Å². The standard InChI is InChI=1S/C26H28N2O5/c29-23(30)14-16-9-10-17(13-16)27-24(31)26(11-12-26)28-25(32)33-15-22-20-7-3-1-5-18(20)19-6-2-4-8-21(19)22/h1-8,16-17,22H,9-15H2,(H,27,31)(H,28,32)(H,29,30)/t16-,17+/m0/s1. The number of carboxylic acid groups (broad SMARTS) is 1. The minimum Gasteiger partial charge on any atom is -0.481 e. The second-order valence-electron chi connectivity index (χ2n) is 9.48. The van der Waals surface area contributed by atoms with Crippen LogP contribution in [-0.4, -0.2) is 41.3 Å². The minimum atomic E-state index is -0.909. The van der Waals surface area contributed by atoms with Gasteiger partial charge in [0.25, 0.3) is 0 Å². The number of carbonyl (C=O) groups is 3. The van der Waals surface area contributed by atoms with Gasteiger partial charge in [0.15, 0.2) is 0 Å². The number of nitrogens with one attached hydrogen (secondary N) is 2. The maximum Gasteiger partial charge on any atom is 0.408 e. The van der Waals surface area contributed by atoms with Crippen molar-refractivity contribution in [2.45, 2.75) is 56.0 Å². The van der Waals surface area contributed by atoms with Crippen LogP contribution in [0.4, 0.5) is 4.79 Å². The lowest BCUT2D eigenvalue weighted by Crippen LogP contribution is -2.51. The molecule has 33 heavy (non-hydrogen) atoms. The van der Waals surface area contributed by atoms with E-state index in [0.29, 0.717) is 19.3 Å². The van der Waals surface area contributed by atoms with Crippen LogP contribution in [0.15, 0.2) is 48.5 Å². The van der Waals surface area contributed by atoms with Gasteiger partial charge in [-0.2, -0.15) is 0 Å². The zero-order valence-electron chi connectivity index (χ0n) is 18.4. The van der Waals surface area contributed by atoms with Gasteiger partial charge in [0.1, 0.15) is 12.1 Å². The quantitative estimate of drug-likeness (QED) is 0.597. The first-order valence-electron chi connectivity index (χ1n) is 11.6. The zero-order valence-corrected chi connectivity index (χ0v) is 18.4. The molecule has 2 aromatic rings. The fraction of sp³-hybridized carbons (Fsp3) is 0.423. The smallest absolute Gasteiger partial charge is 0.408 e. The highest BCUT2D eigenvalue weighted by Crippen LogP contribution is 2.44. The number of alkyl carbamates (subject to hydrolysis) is 1. The second-order valence-corrected chi connectivity index (χ2v) is 9.48. The Bertz CT molecular complexity index is 1050. The molecule has 0 radical (unpaired) electrons. The van der Waals surface area contributed by atoms with Crippen LogP contribution in [0.5, 0.6) is 0 Å². The lowest BCUT2D eigenvalue weighted by molar-refractivity contribution is -0.138. The van der Waals surface area contributed by atoms with Gasteiger partial charge < -0.3 is 20.5 Å². The third-order valence-corrected chi connectivity index (χ3v) is 7.21. The number of benzene rings is 2. The van der Waals surface area contributed by atoms with Crippen molar-refractivity contribution in [3.05, 3.63) is 59.7 Å². The minimum absolute atomic E-state index is 0.0308. The molecule has 3 aliphatic rings. The molecule has 0 spiro atoms. The summed E-state index contributed by atoms with van der Waals surface area (Å²) in [7, 11) is 0. The van der Waals surface area contributed by atoms with Crippen LogP contribution < -0.4 is 10.6 Å². The molecule has 0 aromatic heterocycles. The molecule has 0 heterocycles. The first-order chi connectivity index (χ1) is 15.9. The van der Waals surface area contributed by atoms with E-state index in [0.717, 1.165) is 35.1 Å². The van der Waals surface area contributed by atoms with E-state index in [2.05, 4.69) is 34.9 Å². The molecular formula is C26H28N2O5. The van der Waals surface area contributed by atoms with Crippen molar-refractivity contribution in [1.82, 2.24) is 10.6 Å².